The summed E-state index contributed by atoms with van der Waals surface area (Å²) in [5.41, 5.74) is 6.60. The summed E-state index contributed by atoms with van der Waals surface area (Å²) in [7, 11) is 1.61. The minimum atomic E-state index is -0.236. The maximum absolute atomic E-state index is 12.4. The van der Waals surface area contributed by atoms with Gasteiger partial charge in [0.15, 0.2) is 0 Å². The maximum Gasteiger partial charge on any atom is 0.297 e. The fourth-order valence-electron chi connectivity index (χ4n) is 2.06. The summed E-state index contributed by atoms with van der Waals surface area (Å²) in [4.78, 5) is 12.9. The number of aromatic nitrogens is 4. The van der Waals surface area contributed by atoms with Crippen LogP contribution in [0.1, 0.15) is 16.3 Å². The molecule has 1 aromatic carbocycles. The van der Waals surface area contributed by atoms with E-state index in [1.807, 2.05) is 24.3 Å². The van der Waals surface area contributed by atoms with E-state index in [0.717, 1.165) is 16.3 Å². The van der Waals surface area contributed by atoms with Crippen molar-refractivity contribution in [1.29, 1.82) is 0 Å². The monoisotopic (exact) mass is 317 g/mol. The van der Waals surface area contributed by atoms with E-state index in [9.17, 15) is 4.79 Å². The third-order valence-electron chi connectivity index (χ3n) is 3.19. The SMILES string of the molecule is COc1ccc(Cc2nnc3sc(CCN)nn3c2=O)cc1. The summed E-state index contributed by atoms with van der Waals surface area (Å²) in [6, 6.07) is 7.49. The maximum atomic E-state index is 12.4. The lowest BCUT2D eigenvalue weighted by molar-refractivity contribution is 0.414. The average molecular weight is 317 g/mol. The van der Waals surface area contributed by atoms with Gasteiger partial charge in [-0.3, -0.25) is 4.79 Å². The van der Waals surface area contributed by atoms with Crippen LogP contribution in [0, 0.1) is 0 Å². The zero-order valence-corrected chi connectivity index (χ0v) is 12.8. The van der Waals surface area contributed by atoms with E-state index in [2.05, 4.69) is 15.3 Å². The second-order valence-corrected chi connectivity index (χ2v) is 5.75. The van der Waals surface area contributed by atoms with Crippen molar-refractivity contribution in [2.45, 2.75) is 12.8 Å². The van der Waals surface area contributed by atoms with Gasteiger partial charge in [-0.15, -0.1) is 10.2 Å². The number of hydrogen-bond acceptors (Lipinski definition) is 7. The molecular weight excluding hydrogens is 302 g/mol. The highest BCUT2D eigenvalue weighted by molar-refractivity contribution is 7.16. The van der Waals surface area contributed by atoms with Crippen LogP contribution < -0.4 is 16.0 Å². The Bertz CT molecular complexity index is 841. The first-order valence-corrected chi connectivity index (χ1v) is 7.60. The van der Waals surface area contributed by atoms with Gasteiger partial charge < -0.3 is 10.5 Å². The van der Waals surface area contributed by atoms with Crippen LogP contribution in [0.3, 0.4) is 0 Å². The number of nitrogens with two attached hydrogens (primary N) is 1. The van der Waals surface area contributed by atoms with E-state index < -0.39 is 0 Å². The molecule has 2 heterocycles. The molecule has 7 nitrogen and oxygen atoms in total. The van der Waals surface area contributed by atoms with Crippen LogP contribution in [0.2, 0.25) is 0 Å². The summed E-state index contributed by atoms with van der Waals surface area (Å²) in [5.74, 6) is 0.771. The first-order chi connectivity index (χ1) is 10.7. The van der Waals surface area contributed by atoms with Crippen LogP contribution in [0.25, 0.3) is 4.96 Å². The molecule has 0 aliphatic rings. The highest BCUT2D eigenvalue weighted by Crippen LogP contribution is 2.14. The van der Waals surface area contributed by atoms with E-state index in [1.54, 1.807) is 7.11 Å². The van der Waals surface area contributed by atoms with Crippen molar-refractivity contribution in [3.8, 4) is 5.75 Å². The molecular formula is C14H15N5O2S. The van der Waals surface area contributed by atoms with E-state index in [4.69, 9.17) is 10.5 Å². The predicted molar refractivity (Wildman–Crippen MR) is 83.5 cm³/mol. The largest absolute Gasteiger partial charge is 0.497 e. The smallest absolute Gasteiger partial charge is 0.297 e. The molecule has 0 atom stereocenters. The van der Waals surface area contributed by atoms with Crippen LogP contribution in [0.5, 0.6) is 5.75 Å². The third kappa shape index (κ3) is 2.83. The Morgan fingerprint density at radius 1 is 1.27 bits per heavy atom. The molecule has 3 rings (SSSR count). The van der Waals surface area contributed by atoms with Crippen LogP contribution in [-0.2, 0) is 12.8 Å². The Labute approximate surface area is 130 Å². The van der Waals surface area contributed by atoms with Crippen LogP contribution in [0.4, 0.5) is 0 Å². The van der Waals surface area contributed by atoms with Crippen molar-refractivity contribution in [3.05, 3.63) is 50.9 Å². The van der Waals surface area contributed by atoms with Crippen LogP contribution >= 0.6 is 11.3 Å². The third-order valence-corrected chi connectivity index (χ3v) is 4.14. The lowest BCUT2D eigenvalue weighted by atomic mass is 10.1. The van der Waals surface area contributed by atoms with Gasteiger partial charge in [0, 0.05) is 12.8 Å². The van der Waals surface area contributed by atoms with Gasteiger partial charge in [0.25, 0.3) is 5.56 Å². The second-order valence-electron chi connectivity index (χ2n) is 4.71. The predicted octanol–water partition coefficient (Wildman–Crippen LogP) is 0.647. The van der Waals surface area contributed by atoms with E-state index in [1.165, 1.54) is 15.9 Å². The second kappa shape index (κ2) is 6.20. The first-order valence-electron chi connectivity index (χ1n) is 6.78. The highest BCUT2D eigenvalue weighted by atomic mass is 32.1. The Hall–Kier alpha value is -2.32. The van der Waals surface area contributed by atoms with Gasteiger partial charge >= 0.3 is 0 Å². The topological polar surface area (TPSA) is 95.4 Å². The molecule has 2 aromatic heterocycles. The normalized spacial score (nSPS) is 11.0. The molecule has 3 aromatic rings. The standard InChI is InChI=1S/C14H15N5O2S/c1-21-10-4-2-9(3-5-10)8-11-13(20)19-14(17-16-11)22-12(18-19)6-7-15/h2-5H,6-8,15H2,1H3. The van der Waals surface area contributed by atoms with Crippen molar-refractivity contribution in [2.75, 3.05) is 13.7 Å². The Morgan fingerprint density at radius 3 is 2.73 bits per heavy atom. The van der Waals surface area contributed by atoms with Crippen molar-refractivity contribution in [1.82, 2.24) is 19.8 Å². The number of ether oxygens (including phenoxy) is 1. The number of hydrogen-bond donors (Lipinski definition) is 1. The molecule has 0 unspecified atom stereocenters. The molecule has 0 radical (unpaired) electrons. The van der Waals surface area contributed by atoms with Crippen molar-refractivity contribution in [3.63, 3.8) is 0 Å². The molecule has 2 N–H and O–H groups in total. The zero-order valence-electron chi connectivity index (χ0n) is 12.0. The van der Waals surface area contributed by atoms with Crippen molar-refractivity contribution < 1.29 is 4.74 Å². The van der Waals surface area contributed by atoms with Crippen LogP contribution in [-0.4, -0.2) is 33.5 Å². The lowest BCUT2D eigenvalue weighted by Gasteiger charge is -2.02. The van der Waals surface area contributed by atoms with E-state index >= 15 is 0 Å². The molecule has 0 bridgehead atoms. The summed E-state index contributed by atoms with van der Waals surface area (Å²) in [6.45, 7) is 0.487. The van der Waals surface area contributed by atoms with Gasteiger partial charge in [-0.05, 0) is 24.2 Å². The zero-order chi connectivity index (χ0) is 15.5. The molecule has 8 heteroatoms. The van der Waals surface area contributed by atoms with E-state index in [0.29, 0.717) is 30.0 Å². The molecule has 0 fully saturated rings. The van der Waals surface area contributed by atoms with Gasteiger partial charge in [0.2, 0.25) is 4.96 Å². The first kappa shape index (κ1) is 14.6. The van der Waals surface area contributed by atoms with Crippen LogP contribution in [0.15, 0.2) is 29.1 Å². The number of fused-ring (bicyclic) bond motifs is 1. The van der Waals surface area contributed by atoms with Gasteiger partial charge in [0.1, 0.15) is 16.5 Å². The molecule has 22 heavy (non-hydrogen) atoms. The van der Waals surface area contributed by atoms with Gasteiger partial charge in [-0.25, -0.2) is 0 Å². The molecule has 0 amide bonds. The Balaban J connectivity index is 1.93. The van der Waals surface area contributed by atoms with Gasteiger partial charge in [-0.1, -0.05) is 23.5 Å². The fraction of sp³-hybridized carbons (Fsp3) is 0.286. The van der Waals surface area contributed by atoms with Gasteiger partial charge in [-0.2, -0.15) is 9.61 Å². The molecule has 114 valence electrons. The van der Waals surface area contributed by atoms with E-state index in [-0.39, 0.29) is 5.56 Å². The fourth-order valence-corrected chi connectivity index (χ4v) is 2.90. The Kier molecular flexibility index (Phi) is 4.12. The van der Waals surface area contributed by atoms with Crippen molar-refractivity contribution in [2.24, 2.45) is 5.73 Å². The average Bonchev–Trinajstić information content (AvgIpc) is 2.95. The highest BCUT2D eigenvalue weighted by Gasteiger charge is 2.12. The molecule has 0 aliphatic heterocycles. The molecule has 0 aliphatic carbocycles. The minimum Gasteiger partial charge on any atom is -0.497 e. The summed E-state index contributed by atoms with van der Waals surface area (Å²) >= 11 is 1.34. The summed E-state index contributed by atoms with van der Waals surface area (Å²) < 4.78 is 6.42. The Morgan fingerprint density at radius 2 is 2.05 bits per heavy atom. The lowest BCUT2D eigenvalue weighted by Crippen LogP contribution is -2.22. The summed E-state index contributed by atoms with van der Waals surface area (Å²) in [5, 5.41) is 13.2. The van der Waals surface area contributed by atoms with Gasteiger partial charge in [0.05, 0.1) is 7.11 Å². The summed E-state index contributed by atoms with van der Waals surface area (Å²) in [6.07, 6.45) is 1.03. The molecule has 0 saturated carbocycles. The minimum absolute atomic E-state index is 0.236. The number of benzene rings is 1. The molecule has 0 spiro atoms. The quantitative estimate of drug-likeness (QED) is 0.742. The number of nitrogens with zero attached hydrogens (tertiary/aromatic N) is 4. The number of rotatable bonds is 5. The van der Waals surface area contributed by atoms with Crippen molar-refractivity contribution >= 4 is 16.3 Å². The number of methoxy groups -OCH3 is 1. The molecule has 0 saturated heterocycles.